The molecule has 6 heteroatoms. The van der Waals surface area contributed by atoms with Crippen molar-refractivity contribution >= 4 is 5.97 Å². The zero-order valence-corrected chi connectivity index (χ0v) is 15.6. The van der Waals surface area contributed by atoms with Gasteiger partial charge in [0.1, 0.15) is 18.4 Å². The Kier molecular flexibility index (Phi) is 9.59. The summed E-state index contributed by atoms with van der Waals surface area (Å²) < 4.78 is 45.4. The van der Waals surface area contributed by atoms with E-state index in [4.69, 9.17) is 4.74 Å². The number of ether oxygens (including phenoxy) is 1. The largest absolute Gasteiger partial charge is 0.462 e. The molecule has 3 nitrogen and oxygen atoms in total. The predicted molar refractivity (Wildman–Crippen MR) is 105 cm³/mol. The minimum absolute atomic E-state index is 0. The Morgan fingerprint density at radius 3 is 1.78 bits per heavy atom. The van der Waals surface area contributed by atoms with Gasteiger partial charge in [0.15, 0.2) is 6.17 Å². The third-order valence-corrected chi connectivity index (χ3v) is 6.78. The van der Waals surface area contributed by atoms with Gasteiger partial charge in [-0.15, -0.1) is 0 Å². The van der Waals surface area contributed by atoms with Crippen LogP contribution in [0.5, 0.6) is 0 Å². The van der Waals surface area contributed by atoms with Crippen molar-refractivity contribution in [2.24, 2.45) is 23.7 Å². The summed E-state index contributed by atoms with van der Waals surface area (Å²) in [5.41, 5.74) is 0. The van der Waals surface area contributed by atoms with Gasteiger partial charge in [-0.05, 0) is 56.3 Å². The first kappa shape index (κ1) is 24.3. The molecule has 0 spiro atoms. The maximum absolute atomic E-state index is 13.4. The summed E-state index contributed by atoms with van der Waals surface area (Å²) in [5.74, 6) is 1.87. The van der Waals surface area contributed by atoms with Crippen LogP contribution in [0.3, 0.4) is 0 Å². The predicted octanol–water partition coefficient (Wildman–Crippen LogP) is 5.64. The number of esters is 1. The molecule has 0 heterocycles. The van der Waals surface area contributed by atoms with Gasteiger partial charge in [-0.25, -0.2) is 13.2 Å². The molecule has 0 bridgehead atoms. The highest BCUT2D eigenvalue weighted by Gasteiger charge is 2.41. The van der Waals surface area contributed by atoms with Crippen molar-refractivity contribution in [3.05, 3.63) is 0 Å². The van der Waals surface area contributed by atoms with E-state index in [2.05, 4.69) is 6.92 Å². The summed E-state index contributed by atoms with van der Waals surface area (Å²) in [5, 5.41) is 0. The Balaban J connectivity index is 0. The topological polar surface area (TPSA) is 57.8 Å². The van der Waals surface area contributed by atoms with E-state index in [0.29, 0.717) is 5.92 Å². The molecule has 0 aromatic carbocycles. The zero-order valence-electron chi connectivity index (χ0n) is 15.6. The second kappa shape index (κ2) is 10.7. The molecule has 27 heavy (non-hydrogen) atoms. The number of halogens is 3. The van der Waals surface area contributed by atoms with Gasteiger partial charge in [-0.2, -0.15) is 0 Å². The van der Waals surface area contributed by atoms with Crippen LogP contribution in [0, 0.1) is 23.7 Å². The maximum atomic E-state index is 13.4. The minimum atomic E-state index is -2.08. The van der Waals surface area contributed by atoms with Gasteiger partial charge in [0.25, 0.3) is 0 Å². The van der Waals surface area contributed by atoms with Crippen LogP contribution >= 0.6 is 0 Å². The van der Waals surface area contributed by atoms with Gasteiger partial charge in [-0.1, -0.05) is 27.2 Å². The summed E-state index contributed by atoms with van der Waals surface area (Å²) >= 11 is 0. The number of hydrogen-bond donors (Lipinski definition) is 0. The van der Waals surface area contributed by atoms with E-state index in [1.165, 1.54) is 25.7 Å². The molecule has 2 N–H and O–H groups in total. The minimum Gasteiger partial charge on any atom is -0.462 e. The summed E-state index contributed by atoms with van der Waals surface area (Å²) in [4.78, 5) is 12.3. The van der Waals surface area contributed by atoms with Crippen molar-refractivity contribution in [1.29, 1.82) is 0 Å². The van der Waals surface area contributed by atoms with Gasteiger partial charge in [-0.3, -0.25) is 4.79 Å². The highest BCUT2D eigenvalue weighted by atomic mass is 19.2. The van der Waals surface area contributed by atoms with Crippen LogP contribution < -0.4 is 0 Å². The van der Waals surface area contributed by atoms with E-state index >= 15 is 0 Å². The molecule has 0 aliphatic heterocycles. The average Bonchev–Trinajstić information content (AvgIpc) is 2.60. The third kappa shape index (κ3) is 6.10. The molecular formula is C21H41F3O3. The lowest BCUT2D eigenvalue weighted by Gasteiger charge is -2.37. The van der Waals surface area contributed by atoms with Gasteiger partial charge in [0.2, 0.25) is 0 Å². The van der Waals surface area contributed by atoms with Crippen molar-refractivity contribution in [3.8, 4) is 0 Å². The van der Waals surface area contributed by atoms with Crippen LogP contribution in [0.2, 0.25) is 0 Å². The normalized spacial score (nSPS) is 42.4. The highest BCUT2D eigenvalue weighted by molar-refractivity contribution is 5.72. The molecule has 3 fully saturated rings. The van der Waals surface area contributed by atoms with Crippen molar-refractivity contribution in [3.63, 3.8) is 0 Å². The lowest BCUT2D eigenvalue weighted by atomic mass is 9.69. The van der Waals surface area contributed by atoms with Crippen molar-refractivity contribution in [1.82, 2.24) is 0 Å². The monoisotopic (exact) mass is 398 g/mol. The molecule has 3 rings (SSSR count). The van der Waals surface area contributed by atoms with Crippen molar-refractivity contribution in [2.75, 3.05) is 0 Å². The van der Waals surface area contributed by atoms with Crippen LogP contribution in [0.1, 0.15) is 81.4 Å². The van der Waals surface area contributed by atoms with Gasteiger partial charge >= 0.3 is 5.97 Å². The Labute approximate surface area is 164 Å². The number of hydrogen-bond acceptors (Lipinski definition) is 2. The Morgan fingerprint density at radius 2 is 1.30 bits per heavy atom. The molecule has 3 saturated carbocycles. The first-order valence-corrected chi connectivity index (χ1v) is 10.1. The molecule has 0 aromatic rings. The van der Waals surface area contributed by atoms with E-state index in [0.717, 1.165) is 37.5 Å². The van der Waals surface area contributed by atoms with E-state index < -0.39 is 24.6 Å². The fourth-order valence-electron chi connectivity index (χ4n) is 5.03. The summed E-state index contributed by atoms with van der Waals surface area (Å²) in [7, 11) is 0. The van der Waals surface area contributed by atoms with Crippen LogP contribution in [0.15, 0.2) is 0 Å². The SMILES string of the molecule is C.CC1CCC(C2CCC(C(=O)OC3CC(F)C(F)C(F)C3)CC2)CC1.O.[HH].[HH]. The molecule has 164 valence electrons. The molecule has 2 atom stereocenters. The highest BCUT2D eigenvalue weighted by Crippen LogP contribution is 2.41. The second-order valence-electron chi connectivity index (χ2n) is 8.64. The maximum Gasteiger partial charge on any atom is 0.309 e. The Bertz CT molecular complexity index is 444. The molecule has 0 radical (unpaired) electrons. The van der Waals surface area contributed by atoms with Gasteiger partial charge in [0.05, 0.1) is 5.92 Å². The first-order valence-electron chi connectivity index (χ1n) is 10.1. The first-order chi connectivity index (χ1) is 11.9. The van der Waals surface area contributed by atoms with E-state index in [9.17, 15) is 18.0 Å². The standard InChI is InChI=1S/C20H31F3O2.CH4.H2O.2H2/c1-12-2-4-13(5-3-12)14-6-8-15(9-7-14)20(24)25-16-10-17(21)19(23)18(22)11-16;;;;/h12-19H,2-11H2,1H3;1H4;1H2;2*1H. The van der Waals surface area contributed by atoms with E-state index in [-0.39, 0.29) is 40.5 Å². The fourth-order valence-corrected chi connectivity index (χ4v) is 5.03. The quantitative estimate of drug-likeness (QED) is 0.577. The number of rotatable bonds is 3. The van der Waals surface area contributed by atoms with Gasteiger partial charge in [0, 0.05) is 15.7 Å². The summed E-state index contributed by atoms with van der Waals surface area (Å²) in [6.07, 6.45) is 1.90. The average molecular weight is 399 g/mol. The summed E-state index contributed by atoms with van der Waals surface area (Å²) in [6, 6.07) is 0. The molecular weight excluding hydrogens is 357 g/mol. The number of carbonyl (C=O) groups excluding carboxylic acids is 1. The third-order valence-electron chi connectivity index (χ3n) is 6.78. The molecule has 3 aliphatic rings. The molecule has 3 aliphatic carbocycles. The zero-order chi connectivity index (χ0) is 18.0. The van der Waals surface area contributed by atoms with E-state index in [1.54, 1.807) is 0 Å². The molecule has 2 unspecified atom stereocenters. The fraction of sp³-hybridized carbons (Fsp3) is 0.952. The lowest BCUT2D eigenvalue weighted by molar-refractivity contribution is -0.161. The molecule has 0 amide bonds. The van der Waals surface area contributed by atoms with Crippen LogP contribution in [-0.2, 0) is 9.53 Å². The van der Waals surface area contributed by atoms with Gasteiger partial charge < -0.3 is 10.2 Å². The molecule has 0 aromatic heterocycles. The van der Waals surface area contributed by atoms with Crippen molar-refractivity contribution in [2.45, 2.75) is 103 Å². The Morgan fingerprint density at radius 1 is 0.852 bits per heavy atom. The van der Waals surface area contributed by atoms with Crippen LogP contribution in [0.25, 0.3) is 0 Å². The van der Waals surface area contributed by atoms with Crippen molar-refractivity contribution < 1.29 is 31.0 Å². The van der Waals surface area contributed by atoms with Crippen LogP contribution in [-0.4, -0.2) is 36.1 Å². The van der Waals surface area contributed by atoms with Crippen LogP contribution in [0.4, 0.5) is 13.2 Å². The number of carbonyl (C=O) groups is 1. The van der Waals surface area contributed by atoms with E-state index in [1.807, 2.05) is 0 Å². The number of alkyl halides is 3. The second-order valence-corrected chi connectivity index (χ2v) is 8.64. The summed E-state index contributed by atoms with van der Waals surface area (Å²) in [6.45, 7) is 2.32. The smallest absolute Gasteiger partial charge is 0.309 e. The molecule has 0 saturated heterocycles. The lowest BCUT2D eigenvalue weighted by Crippen LogP contribution is -2.42. The Hall–Kier alpha value is -0.780.